The zero-order valence-corrected chi connectivity index (χ0v) is 18.5. The van der Waals surface area contributed by atoms with Crippen molar-refractivity contribution in [2.45, 2.75) is 17.7 Å². The number of hydrogen-bond donors (Lipinski definition) is 2. The van der Waals surface area contributed by atoms with Gasteiger partial charge in [-0.2, -0.15) is 0 Å². The molecular weight excluding hydrogens is 436 g/mol. The predicted molar refractivity (Wildman–Crippen MR) is 122 cm³/mol. The Morgan fingerprint density at radius 1 is 1.00 bits per heavy atom. The third kappa shape index (κ3) is 6.23. The number of benzene rings is 3. The van der Waals surface area contributed by atoms with Crippen molar-refractivity contribution in [3.8, 4) is 5.75 Å². The second-order valence-electron chi connectivity index (χ2n) is 6.82. The summed E-state index contributed by atoms with van der Waals surface area (Å²) in [7, 11) is -2.14. The molecule has 2 N–H and O–H groups in total. The van der Waals surface area contributed by atoms with Gasteiger partial charge in [-0.05, 0) is 60.9 Å². The molecule has 0 aliphatic rings. The van der Waals surface area contributed by atoms with Crippen LogP contribution in [0.15, 0.2) is 77.7 Å². The highest BCUT2D eigenvalue weighted by Crippen LogP contribution is 2.23. The minimum atomic E-state index is -3.76. The van der Waals surface area contributed by atoms with E-state index in [1.165, 1.54) is 30.3 Å². The van der Waals surface area contributed by atoms with Crippen LogP contribution in [0.5, 0.6) is 5.75 Å². The van der Waals surface area contributed by atoms with Crippen molar-refractivity contribution in [3.05, 3.63) is 88.9 Å². The maximum absolute atomic E-state index is 12.6. The molecule has 0 aromatic heterocycles. The van der Waals surface area contributed by atoms with Crippen LogP contribution >= 0.6 is 11.6 Å². The number of sulfonamides is 1. The Kier molecular flexibility index (Phi) is 7.55. The van der Waals surface area contributed by atoms with Crippen molar-refractivity contribution in [1.29, 1.82) is 0 Å². The van der Waals surface area contributed by atoms with E-state index in [1.807, 2.05) is 24.3 Å². The number of hydrogen-bond acceptors (Lipinski definition) is 4. The van der Waals surface area contributed by atoms with E-state index in [0.717, 1.165) is 24.2 Å². The van der Waals surface area contributed by atoms with Crippen LogP contribution in [0.4, 0.5) is 5.69 Å². The molecule has 3 aromatic carbocycles. The molecule has 0 saturated carbocycles. The Bertz CT molecular complexity index is 1150. The number of anilines is 1. The first kappa shape index (κ1) is 22.7. The fraction of sp³-hybridized carbons (Fsp3) is 0.174. The van der Waals surface area contributed by atoms with Crippen LogP contribution < -0.4 is 14.8 Å². The Morgan fingerprint density at radius 3 is 2.52 bits per heavy atom. The van der Waals surface area contributed by atoms with Gasteiger partial charge in [0.2, 0.25) is 0 Å². The van der Waals surface area contributed by atoms with Gasteiger partial charge in [-0.15, -0.1) is 0 Å². The lowest BCUT2D eigenvalue weighted by molar-refractivity contribution is 0.0953. The molecule has 31 heavy (non-hydrogen) atoms. The molecule has 0 aliphatic carbocycles. The Balaban J connectivity index is 1.61. The standard InChI is InChI=1S/C23H23ClN2O4S/c1-30-19-9-5-7-17(15-19)8-6-14-25-23(27)21-16-18(12-13-22(21)24)26-31(28,29)20-10-3-2-4-11-20/h2-5,7,9-13,15-16,26H,6,8,14H2,1H3,(H,25,27). The van der Waals surface area contributed by atoms with Crippen LogP contribution in [0.25, 0.3) is 0 Å². The van der Waals surface area contributed by atoms with Gasteiger partial charge < -0.3 is 10.1 Å². The van der Waals surface area contributed by atoms with Crippen LogP contribution in [0, 0.1) is 0 Å². The molecule has 3 rings (SSSR count). The van der Waals surface area contributed by atoms with Crippen LogP contribution in [0.3, 0.4) is 0 Å². The lowest BCUT2D eigenvalue weighted by Gasteiger charge is -2.11. The van der Waals surface area contributed by atoms with Crippen molar-refractivity contribution >= 4 is 33.2 Å². The fourth-order valence-electron chi connectivity index (χ4n) is 2.99. The highest BCUT2D eigenvalue weighted by molar-refractivity contribution is 7.92. The monoisotopic (exact) mass is 458 g/mol. The van der Waals surface area contributed by atoms with E-state index >= 15 is 0 Å². The van der Waals surface area contributed by atoms with Crippen LogP contribution in [-0.4, -0.2) is 28.0 Å². The summed E-state index contributed by atoms with van der Waals surface area (Å²) >= 11 is 6.17. The molecule has 0 heterocycles. The number of halogens is 1. The molecule has 3 aromatic rings. The van der Waals surface area contributed by atoms with Gasteiger partial charge in [0.25, 0.3) is 15.9 Å². The largest absolute Gasteiger partial charge is 0.497 e. The first-order chi connectivity index (χ1) is 14.9. The predicted octanol–water partition coefficient (Wildman–Crippen LogP) is 4.51. The normalized spacial score (nSPS) is 11.0. The molecule has 162 valence electrons. The number of carbonyl (C=O) groups excluding carboxylic acids is 1. The van der Waals surface area contributed by atoms with Crippen LogP contribution in [-0.2, 0) is 16.4 Å². The minimum Gasteiger partial charge on any atom is -0.497 e. The summed E-state index contributed by atoms with van der Waals surface area (Å²) in [6.45, 7) is 0.451. The molecule has 0 bridgehead atoms. The smallest absolute Gasteiger partial charge is 0.261 e. The van der Waals surface area contributed by atoms with Crippen molar-refractivity contribution in [3.63, 3.8) is 0 Å². The third-order valence-electron chi connectivity index (χ3n) is 4.58. The molecule has 1 amide bonds. The number of rotatable bonds is 9. The van der Waals surface area contributed by atoms with E-state index in [-0.39, 0.29) is 27.1 Å². The SMILES string of the molecule is COc1cccc(CCCNC(=O)c2cc(NS(=O)(=O)c3ccccc3)ccc2Cl)c1. The number of amides is 1. The van der Waals surface area contributed by atoms with Gasteiger partial charge in [-0.25, -0.2) is 8.42 Å². The first-order valence-corrected chi connectivity index (χ1v) is 11.5. The van der Waals surface area contributed by atoms with Crippen molar-refractivity contribution < 1.29 is 17.9 Å². The van der Waals surface area contributed by atoms with E-state index in [0.29, 0.717) is 6.54 Å². The summed E-state index contributed by atoms with van der Waals surface area (Å²) in [5, 5.41) is 3.07. The van der Waals surface area contributed by atoms with E-state index in [2.05, 4.69) is 10.0 Å². The van der Waals surface area contributed by atoms with Crippen molar-refractivity contribution in [1.82, 2.24) is 5.32 Å². The lowest BCUT2D eigenvalue weighted by Crippen LogP contribution is -2.25. The maximum atomic E-state index is 12.6. The Morgan fingerprint density at radius 2 is 1.77 bits per heavy atom. The highest BCUT2D eigenvalue weighted by Gasteiger charge is 2.16. The topological polar surface area (TPSA) is 84.5 Å². The molecule has 0 atom stereocenters. The highest BCUT2D eigenvalue weighted by atomic mass is 35.5. The summed E-state index contributed by atoms with van der Waals surface area (Å²) in [6, 6.07) is 20.2. The van der Waals surface area contributed by atoms with Gasteiger partial charge in [0.15, 0.2) is 0 Å². The molecular formula is C23H23ClN2O4S. The summed E-state index contributed by atoms with van der Waals surface area (Å²) in [5.41, 5.74) is 1.58. The molecule has 0 spiro atoms. The summed E-state index contributed by atoms with van der Waals surface area (Å²) < 4.78 is 32.7. The number of nitrogens with one attached hydrogen (secondary N) is 2. The van der Waals surface area contributed by atoms with Gasteiger partial charge in [0, 0.05) is 12.2 Å². The number of carbonyl (C=O) groups is 1. The average Bonchev–Trinajstić information content (AvgIpc) is 2.78. The molecule has 0 unspecified atom stereocenters. The van der Waals surface area contributed by atoms with Crippen molar-refractivity contribution in [2.24, 2.45) is 0 Å². The average molecular weight is 459 g/mol. The molecule has 0 aliphatic heterocycles. The zero-order chi connectivity index (χ0) is 22.3. The molecule has 0 fully saturated rings. The maximum Gasteiger partial charge on any atom is 0.261 e. The van der Waals surface area contributed by atoms with E-state index in [4.69, 9.17) is 16.3 Å². The van der Waals surface area contributed by atoms with Crippen molar-refractivity contribution in [2.75, 3.05) is 18.4 Å². The molecule has 0 radical (unpaired) electrons. The zero-order valence-electron chi connectivity index (χ0n) is 17.0. The van der Waals surface area contributed by atoms with E-state index < -0.39 is 10.0 Å². The summed E-state index contributed by atoms with van der Waals surface area (Å²) in [5.74, 6) is 0.430. The summed E-state index contributed by atoms with van der Waals surface area (Å²) in [6.07, 6.45) is 1.51. The third-order valence-corrected chi connectivity index (χ3v) is 6.31. The second-order valence-corrected chi connectivity index (χ2v) is 8.91. The van der Waals surface area contributed by atoms with Gasteiger partial charge >= 0.3 is 0 Å². The molecule has 6 nitrogen and oxygen atoms in total. The van der Waals surface area contributed by atoms with Gasteiger partial charge in [-0.3, -0.25) is 9.52 Å². The Hall–Kier alpha value is -3.03. The fourth-order valence-corrected chi connectivity index (χ4v) is 4.27. The van der Waals surface area contributed by atoms with E-state index in [9.17, 15) is 13.2 Å². The molecule has 8 heteroatoms. The van der Waals surface area contributed by atoms with Gasteiger partial charge in [0.05, 0.1) is 22.6 Å². The summed E-state index contributed by atoms with van der Waals surface area (Å²) in [4.78, 5) is 12.7. The quantitative estimate of drug-likeness (QED) is 0.462. The molecule has 0 saturated heterocycles. The van der Waals surface area contributed by atoms with Gasteiger partial charge in [-0.1, -0.05) is 41.9 Å². The van der Waals surface area contributed by atoms with E-state index in [1.54, 1.807) is 25.3 Å². The Labute approximate surface area is 187 Å². The lowest BCUT2D eigenvalue weighted by atomic mass is 10.1. The number of aryl methyl sites for hydroxylation is 1. The minimum absolute atomic E-state index is 0.133. The van der Waals surface area contributed by atoms with Crippen LogP contribution in [0.1, 0.15) is 22.3 Å². The second kappa shape index (κ2) is 10.3. The number of ether oxygens (including phenoxy) is 1. The van der Waals surface area contributed by atoms with Crippen LogP contribution in [0.2, 0.25) is 5.02 Å². The number of methoxy groups -OCH3 is 1. The van der Waals surface area contributed by atoms with Gasteiger partial charge in [0.1, 0.15) is 5.75 Å². The first-order valence-electron chi connectivity index (χ1n) is 9.67.